The SMILES string of the molecule is Cc1cc(N2CC(C)OC(C)C2)ccc1NC(=O)CCCC(=O)NS(=O)(=O)C(C)C. The first-order valence-corrected chi connectivity index (χ1v) is 11.9. The van der Waals surface area contributed by atoms with Crippen LogP contribution in [-0.4, -0.2) is 50.8 Å². The fraction of sp³-hybridized carbons (Fsp3) is 0.619. The number of rotatable bonds is 8. The minimum atomic E-state index is -3.63. The van der Waals surface area contributed by atoms with Gasteiger partial charge >= 0.3 is 0 Å². The van der Waals surface area contributed by atoms with Gasteiger partial charge in [0.25, 0.3) is 0 Å². The number of hydrogen-bond donors (Lipinski definition) is 2. The highest BCUT2D eigenvalue weighted by molar-refractivity contribution is 7.90. The number of anilines is 2. The molecule has 1 aromatic carbocycles. The van der Waals surface area contributed by atoms with Crippen LogP contribution in [0.3, 0.4) is 0 Å². The van der Waals surface area contributed by atoms with Crippen molar-refractivity contribution >= 4 is 33.2 Å². The lowest BCUT2D eigenvalue weighted by Gasteiger charge is -2.37. The van der Waals surface area contributed by atoms with Crippen molar-refractivity contribution in [2.24, 2.45) is 0 Å². The van der Waals surface area contributed by atoms with Gasteiger partial charge in [-0.25, -0.2) is 8.42 Å². The van der Waals surface area contributed by atoms with Crippen LogP contribution in [0, 0.1) is 6.92 Å². The molecule has 2 atom stereocenters. The van der Waals surface area contributed by atoms with Crippen LogP contribution in [-0.2, 0) is 24.3 Å². The molecule has 1 saturated heterocycles. The molecule has 2 unspecified atom stereocenters. The lowest BCUT2D eigenvalue weighted by Crippen LogP contribution is -2.45. The highest BCUT2D eigenvalue weighted by Gasteiger charge is 2.23. The van der Waals surface area contributed by atoms with Gasteiger partial charge in [-0.15, -0.1) is 0 Å². The average molecular weight is 440 g/mol. The van der Waals surface area contributed by atoms with Gasteiger partial charge in [-0.3, -0.25) is 14.3 Å². The van der Waals surface area contributed by atoms with Gasteiger partial charge in [0, 0.05) is 37.3 Å². The Kier molecular flexibility index (Phi) is 8.25. The maximum absolute atomic E-state index is 12.2. The Balaban J connectivity index is 1.85. The number of amides is 2. The molecule has 1 fully saturated rings. The summed E-state index contributed by atoms with van der Waals surface area (Å²) in [5.41, 5.74) is 2.77. The standard InChI is InChI=1S/C21H33N3O5S/c1-14(2)30(27,28)23-21(26)8-6-7-20(25)22-19-10-9-18(11-15(19)3)24-12-16(4)29-17(5)13-24/h9-11,14,16-17H,6-8,12-13H2,1-5H3,(H,22,25)(H,23,26). The zero-order chi connectivity index (χ0) is 22.5. The van der Waals surface area contributed by atoms with Crippen LogP contribution in [0.1, 0.15) is 52.5 Å². The van der Waals surface area contributed by atoms with Gasteiger partial charge in [-0.2, -0.15) is 0 Å². The lowest BCUT2D eigenvalue weighted by molar-refractivity contribution is -0.119. The van der Waals surface area contributed by atoms with E-state index < -0.39 is 21.2 Å². The number of nitrogens with one attached hydrogen (secondary N) is 2. The molecular weight excluding hydrogens is 406 g/mol. The summed E-state index contributed by atoms with van der Waals surface area (Å²) in [5.74, 6) is -0.801. The molecule has 8 nitrogen and oxygen atoms in total. The van der Waals surface area contributed by atoms with Crippen LogP contribution in [0.4, 0.5) is 11.4 Å². The van der Waals surface area contributed by atoms with E-state index in [1.165, 1.54) is 13.8 Å². The number of aryl methyl sites for hydroxylation is 1. The molecule has 1 aliphatic heterocycles. The second-order valence-corrected chi connectivity index (χ2v) is 10.4. The Hall–Kier alpha value is -2.13. The molecule has 0 bridgehead atoms. The number of hydrogen-bond acceptors (Lipinski definition) is 6. The zero-order valence-corrected chi connectivity index (χ0v) is 19.2. The molecule has 0 aromatic heterocycles. The van der Waals surface area contributed by atoms with Gasteiger partial charge in [-0.1, -0.05) is 0 Å². The molecule has 2 amide bonds. The third-order valence-corrected chi connectivity index (χ3v) is 6.71. The number of morpholine rings is 1. The van der Waals surface area contributed by atoms with Gasteiger partial charge < -0.3 is 15.0 Å². The van der Waals surface area contributed by atoms with Crippen LogP contribution in [0.5, 0.6) is 0 Å². The Labute approximate surface area is 179 Å². The summed E-state index contributed by atoms with van der Waals surface area (Å²) in [6, 6.07) is 5.91. The summed E-state index contributed by atoms with van der Waals surface area (Å²) in [7, 11) is -3.63. The maximum Gasteiger partial charge on any atom is 0.237 e. The summed E-state index contributed by atoms with van der Waals surface area (Å²) in [4.78, 5) is 26.3. The Morgan fingerprint density at radius 1 is 1.13 bits per heavy atom. The summed E-state index contributed by atoms with van der Waals surface area (Å²) >= 11 is 0. The molecule has 1 aromatic rings. The first kappa shape index (κ1) is 24.1. The van der Waals surface area contributed by atoms with E-state index in [2.05, 4.69) is 24.1 Å². The minimum Gasteiger partial charge on any atom is -0.372 e. The van der Waals surface area contributed by atoms with Gasteiger partial charge in [0.2, 0.25) is 21.8 Å². The summed E-state index contributed by atoms with van der Waals surface area (Å²) in [6.45, 7) is 10.7. The quantitative estimate of drug-likeness (QED) is 0.645. The van der Waals surface area contributed by atoms with Crippen molar-refractivity contribution in [2.75, 3.05) is 23.3 Å². The van der Waals surface area contributed by atoms with E-state index in [9.17, 15) is 18.0 Å². The van der Waals surface area contributed by atoms with Gasteiger partial charge in [0.05, 0.1) is 17.5 Å². The highest BCUT2D eigenvalue weighted by atomic mass is 32.2. The minimum absolute atomic E-state index is 0.0231. The third-order valence-electron chi connectivity index (χ3n) is 4.95. The fourth-order valence-corrected chi connectivity index (χ4v) is 3.98. The van der Waals surface area contributed by atoms with Crippen molar-refractivity contribution in [1.29, 1.82) is 0 Å². The Morgan fingerprint density at radius 3 is 2.30 bits per heavy atom. The van der Waals surface area contributed by atoms with Crippen LogP contribution in [0.15, 0.2) is 18.2 Å². The molecule has 1 heterocycles. The Bertz CT molecular complexity index is 859. The summed E-state index contributed by atoms with van der Waals surface area (Å²) < 4.78 is 31.1. The molecular formula is C21H33N3O5S. The predicted molar refractivity (Wildman–Crippen MR) is 118 cm³/mol. The summed E-state index contributed by atoms with van der Waals surface area (Å²) in [5, 5.41) is 2.19. The zero-order valence-electron chi connectivity index (χ0n) is 18.4. The second-order valence-electron chi connectivity index (χ2n) is 8.18. The van der Waals surface area contributed by atoms with Crippen molar-refractivity contribution in [2.45, 2.75) is 71.3 Å². The molecule has 30 heavy (non-hydrogen) atoms. The van der Waals surface area contributed by atoms with E-state index in [4.69, 9.17) is 4.74 Å². The van der Waals surface area contributed by atoms with E-state index in [0.29, 0.717) is 0 Å². The largest absolute Gasteiger partial charge is 0.372 e. The highest BCUT2D eigenvalue weighted by Crippen LogP contribution is 2.25. The smallest absolute Gasteiger partial charge is 0.237 e. The van der Waals surface area contributed by atoms with Crippen molar-refractivity contribution < 1.29 is 22.7 Å². The van der Waals surface area contributed by atoms with E-state index in [1.54, 1.807) is 0 Å². The van der Waals surface area contributed by atoms with E-state index in [0.717, 1.165) is 30.0 Å². The molecule has 0 spiro atoms. The van der Waals surface area contributed by atoms with Crippen LogP contribution in [0.25, 0.3) is 0 Å². The van der Waals surface area contributed by atoms with E-state index in [1.807, 2.05) is 29.8 Å². The number of sulfonamides is 1. The summed E-state index contributed by atoms with van der Waals surface area (Å²) in [6.07, 6.45) is 0.716. The molecule has 2 rings (SSSR count). The van der Waals surface area contributed by atoms with Gasteiger partial charge in [0.15, 0.2) is 0 Å². The predicted octanol–water partition coefficient (Wildman–Crippen LogP) is 2.57. The number of nitrogens with zero attached hydrogens (tertiary/aromatic N) is 1. The fourth-order valence-electron chi connectivity index (χ4n) is 3.32. The number of carbonyl (C=O) groups excluding carboxylic acids is 2. The molecule has 0 radical (unpaired) electrons. The molecule has 0 saturated carbocycles. The second kappa shape index (κ2) is 10.3. The topological polar surface area (TPSA) is 105 Å². The molecule has 2 N–H and O–H groups in total. The van der Waals surface area contributed by atoms with Crippen molar-refractivity contribution in [3.8, 4) is 0 Å². The Morgan fingerprint density at radius 2 is 1.73 bits per heavy atom. The van der Waals surface area contributed by atoms with Crippen molar-refractivity contribution in [3.05, 3.63) is 23.8 Å². The molecule has 168 valence electrons. The monoisotopic (exact) mass is 439 g/mol. The average Bonchev–Trinajstić information content (AvgIpc) is 2.62. The number of benzene rings is 1. The molecule has 9 heteroatoms. The normalized spacial score (nSPS) is 19.6. The third kappa shape index (κ3) is 6.98. The van der Waals surface area contributed by atoms with E-state index >= 15 is 0 Å². The van der Waals surface area contributed by atoms with Crippen LogP contribution < -0.4 is 14.9 Å². The van der Waals surface area contributed by atoms with Crippen molar-refractivity contribution in [1.82, 2.24) is 4.72 Å². The maximum atomic E-state index is 12.2. The van der Waals surface area contributed by atoms with Crippen molar-refractivity contribution in [3.63, 3.8) is 0 Å². The van der Waals surface area contributed by atoms with Gasteiger partial charge in [0.1, 0.15) is 0 Å². The number of ether oxygens (including phenoxy) is 1. The van der Waals surface area contributed by atoms with Crippen LogP contribution >= 0.6 is 0 Å². The molecule has 0 aliphatic carbocycles. The first-order chi connectivity index (χ1) is 14.0. The number of carbonyl (C=O) groups is 2. The van der Waals surface area contributed by atoms with E-state index in [-0.39, 0.29) is 37.4 Å². The van der Waals surface area contributed by atoms with Crippen LogP contribution in [0.2, 0.25) is 0 Å². The lowest BCUT2D eigenvalue weighted by atomic mass is 10.1. The first-order valence-electron chi connectivity index (χ1n) is 10.3. The molecule has 1 aliphatic rings. The van der Waals surface area contributed by atoms with Gasteiger partial charge in [-0.05, 0) is 64.8 Å².